The summed E-state index contributed by atoms with van der Waals surface area (Å²) in [5.41, 5.74) is 4.12. The number of nitrogens with one attached hydrogen (secondary N) is 1. The molecule has 0 aliphatic carbocycles. The minimum absolute atomic E-state index is 0.0425. The Morgan fingerprint density at radius 2 is 1.38 bits per heavy atom. The summed E-state index contributed by atoms with van der Waals surface area (Å²) in [6.45, 7) is 6.66. The number of hydrogen-bond acceptors (Lipinski definition) is 4. The fourth-order valence-corrected chi connectivity index (χ4v) is 4.80. The molecule has 0 amide bonds. The molecule has 2 N–H and O–H groups in total. The van der Waals surface area contributed by atoms with Crippen LogP contribution in [0.2, 0.25) is 0 Å². The van der Waals surface area contributed by atoms with Crippen molar-refractivity contribution in [3.63, 3.8) is 0 Å². The quantitative estimate of drug-likeness (QED) is 0.315. The molecule has 0 aliphatic rings. The summed E-state index contributed by atoms with van der Waals surface area (Å²) in [6.07, 6.45) is -0.0425. The molecule has 180 valence electrons. The van der Waals surface area contributed by atoms with Crippen molar-refractivity contribution in [1.29, 1.82) is 0 Å². The highest BCUT2D eigenvalue weighted by Gasteiger charge is 2.26. The molecule has 0 heterocycles. The van der Waals surface area contributed by atoms with Crippen LogP contribution in [0, 0.1) is 0 Å². The van der Waals surface area contributed by atoms with Gasteiger partial charge in [0.15, 0.2) is 0 Å². The standard InChI is InChI=1S/C27H32NO5P/c1-27(2,3)25-16-23(14-15-24(25)17-26(29)30)18-28-34(31,32-19-21-10-6-4-7-11-21)33-20-22-12-8-5-9-13-22/h4-16H,17-20H2,1-3H3,(H,28,31)(H,29,30). The molecule has 0 unspecified atom stereocenters. The molecule has 0 spiro atoms. The van der Waals surface area contributed by atoms with E-state index in [0.717, 1.165) is 27.8 Å². The number of carbonyl (C=O) groups is 1. The van der Waals surface area contributed by atoms with Crippen LogP contribution >= 0.6 is 7.75 Å². The zero-order chi connectivity index (χ0) is 24.6. The second kappa shape index (κ2) is 11.6. The molecule has 0 radical (unpaired) electrons. The second-order valence-electron chi connectivity index (χ2n) is 9.16. The van der Waals surface area contributed by atoms with E-state index in [0.29, 0.717) is 0 Å². The van der Waals surface area contributed by atoms with Gasteiger partial charge in [-0.3, -0.25) is 13.8 Å². The van der Waals surface area contributed by atoms with Crippen LogP contribution in [0.4, 0.5) is 0 Å². The topological polar surface area (TPSA) is 84.9 Å². The van der Waals surface area contributed by atoms with Crippen LogP contribution in [0.3, 0.4) is 0 Å². The van der Waals surface area contributed by atoms with E-state index in [1.165, 1.54) is 0 Å². The summed E-state index contributed by atoms with van der Waals surface area (Å²) in [5, 5.41) is 12.2. The Hall–Kier alpha value is -2.76. The van der Waals surface area contributed by atoms with Crippen LogP contribution in [0.25, 0.3) is 0 Å². The molecule has 0 saturated carbocycles. The number of hydrogen-bond donors (Lipinski definition) is 2. The first-order valence-corrected chi connectivity index (χ1v) is 12.7. The molecular formula is C27H32NO5P. The molecular weight excluding hydrogens is 449 g/mol. The van der Waals surface area contributed by atoms with Crippen molar-refractivity contribution in [2.75, 3.05) is 0 Å². The van der Waals surface area contributed by atoms with E-state index in [9.17, 15) is 14.5 Å². The Balaban J connectivity index is 1.77. The Bertz CT molecular complexity index is 1080. The summed E-state index contributed by atoms with van der Waals surface area (Å²) >= 11 is 0. The van der Waals surface area contributed by atoms with Crippen LogP contribution in [-0.2, 0) is 50.0 Å². The maximum Gasteiger partial charge on any atom is 0.406 e. The number of rotatable bonds is 11. The molecule has 0 aliphatic heterocycles. The van der Waals surface area contributed by atoms with Crippen molar-refractivity contribution in [3.8, 4) is 0 Å². The molecule has 3 aromatic carbocycles. The van der Waals surface area contributed by atoms with Crippen LogP contribution in [-0.4, -0.2) is 11.1 Å². The molecule has 0 fully saturated rings. The van der Waals surface area contributed by atoms with E-state index >= 15 is 0 Å². The molecule has 0 bridgehead atoms. The van der Waals surface area contributed by atoms with Gasteiger partial charge in [-0.1, -0.05) is 99.6 Å². The number of carboxylic acids is 1. The van der Waals surface area contributed by atoms with Gasteiger partial charge in [-0.05, 0) is 33.2 Å². The van der Waals surface area contributed by atoms with Crippen molar-refractivity contribution < 1.29 is 23.5 Å². The lowest BCUT2D eigenvalue weighted by Gasteiger charge is -2.24. The van der Waals surface area contributed by atoms with E-state index in [-0.39, 0.29) is 31.6 Å². The fraction of sp³-hybridized carbons (Fsp3) is 0.296. The van der Waals surface area contributed by atoms with Crippen molar-refractivity contribution in [2.45, 2.75) is 52.4 Å². The van der Waals surface area contributed by atoms with E-state index in [2.05, 4.69) is 5.09 Å². The van der Waals surface area contributed by atoms with Crippen molar-refractivity contribution >= 4 is 13.7 Å². The summed E-state index contributed by atoms with van der Waals surface area (Å²) in [5.74, 6) is -0.871. The third kappa shape index (κ3) is 7.93. The highest BCUT2D eigenvalue weighted by Crippen LogP contribution is 2.46. The van der Waals surface area contributed by atoms with Crippen molar-refractivity contribution in [3.05, 3.63) is 107 Å². The molecule has 3 aromatic rings. The molecule has 0 aromatic heterocycles. The first-order chi connectivity index (χ1) is 16.1. The SMILES string of the molecule is CC(C)(C)c1cc(CNP(=O)(OCc2ccccc2)OCc2ccccc2)ccc1CC(=O)O. The van der Waals surface area contributed by atoms with Gasteiger partial charge in [0.25, 0.3) is 0 Å². The number of carboxylic acid groups (broad SMARTS) is 1. The Labute approximate surface area is 201 Å². The largest absolute Gasteiger partial charge is 0.481 e. The average Bonchev–Trinajstić information content (AvgIpc) is 2.81. The van der Waals surface area contributed by atoms with E-state index in [1.54, 1.807) is 0 Å². The molecule has 34 heavy (non-hydrogen) atoms. The van der Waals surface area contributed by atoms with Gasteiger partial charge >= 0.3 is 13.7 Å². The minimum Gasteiger partial charge on any atom is -0.481 e. The monoisotopic (exact) mass is 481 g/mol. The highest BCUT2D eigenvalue weighted by molar-refractivity contribution is 7.51. The summed E-state index contributed by atoms with van der Waals surface area (Å²) in [4.78, 5) is 11.3. The van der Waals surface area contributed by atoms with Gasteiger partial charge in [0.2, 0.25) is 0 Å². The number of benzene rings is 3. The van der Waals surface area contributed by atoms with Gasteiger partial charge in [0, 0.05) is 6.54 Å². The lowest BCUT2D eigenvalue weighted by molar-refractivity contribution is -0.136. The van der Waals surface area contributed by atoms with Crippen molar-refractivity contribution in [1.82, 2.24) is 5.09 Å². The smallest absolute Gasteiger partial charge is 0.406 e. The third-order valence-corrected chi connectivity index (χ3v) is 6.77. The Morgan fingerprint density at radius 3 is 1.85 bits per heavy atom. The Kier molecular flexibility index (Phi) is 8.81. The second-order valence-corrected chi connectivity index (χ2v) is 11.0. The predicted molar refractivity (Wildman–Crippen MR) is 133 cm³/mol. The van der Waals surface area contributed by atoms with E-state index < -0.39 is 13.7 Å². The summed E-state index contributed by atoms with van der Waals surface area (Å²) < 4.78 is 25.1. The van der Waals surface area contributed by atoms with Gasteiger partial charge < -0.3 is 5.11 Å². The highest BCUT2D eigenvalue weighted by atomic mass is 31.2. The van der Waals surface area contributed by atoms with Gasteiger partial charge in [0.05, 0.1) is 19.6 Å². The summed E-state index contributed by atoms with van der Waals surface area (Å²) in [7, 11) is -3.65. The number of aliphatic carboxylic acids is 1. The normalized spacial score (nSPS) is 12.0. The summed E-state index contributed by atoms with van der Waals surface area (Å²) in [6, 6.07) is 24.7. The average molecular weight is 482 g/mol. The van der Waals surface area contributed by atoms with Gasteiger partial charge in [-0.15, -0.1) is 0 Å². The fourth-order valence-electron chi connectivity index (χ4n) is 3.53. The first kappa shape index (κ1) is 25.9. The van der Waals surface area contributed by atoms with Crippen LogP contribution in [0.5, 0.6) is 0 Å². The zero-order valence-electron chi connectivity index (χ0n) is 19.9. The zero-order valence-corrected chi connectivity index (χ0v) is 20.8. The van der Waals surface area contributed by atoms with E-state index in [4.69, 9.17) is 9.05 Å². The molecule has 6 nitrogen and oxygen atoms in total. The first-order valence-electron chi connectivity index (χ1n) is 11.2. The van der Waals surface area contributed by atoms with Gasteiger partial charge in [-0.25, -0.2) is 9.65 Å². The minimum atomic E-state index is -3.65. The molecule has 3 rings (SSSR count). The van der Waals surface area contributed by atoms with Crippen LogP contribution < -0.4 is 5.09 Å². The molecule has 0 atom stereocenters. The maximum atomic E-state index is 13.6. The molecule has 0 saturated heterocycles. The van der Waals surface area contributed by atoms with Crippen LogP contribution in [0.1, 0.15) is 48.6 Å². The van der Waals surface area contributed by atoms with E-state index in [1.807, 2.05) is 99.6 Å². The van der Waals surface area contributed by atoms with Crippen LogP contribution in [0.15, 0.2) is 78.9 Å². The van der Waals surface area contributed by atoms with Gasteiger partial charge in [0.1, 0.15) is 0 Å². The lowest BCUT2D eigenvalue weighted by Crippen LogP contribution is -2.19. The molecule has 7 heteroatoms. The van der Waals surface area contributed by atoms with Crippen molar-refractivity contribution in [2.24, 2.45) is 0 Å². The maximum absolute atomic E-state index is 13.6. The predicted octanol–water partition coefficient (Wildman–Crippen LogP) is 6.24. The van der Waals surface area contributed by atoms with Gasteiger partial charge in [-0.2, -0.15) is 0 Å². The lowest BCUT2D eigenvalue weighted by atomic mass is 9.82. The Morgan fingerprint density at radius 1 is 0.853 bits per heavy atom. The third-order valence-electron chi connectivity index (χ3n) is 5.29.